The Kier molecular flexibility index (Phi) is 5.05. The quantitative estimate of drug-likeness (QED) is 0.758. The number of benzene rings is 1. The van der Waals surface area contributed by atoms with Crippen LogP contribution in [0.15, 0.2) is 46.7 Å². The van der Waals surface area contributed by atoms with Gasteiger partial charge in [-0.25, -0.2) is 0 Å². The first-order valence-corrected chi connectivity index (χ1v) is 8.38. The zero-order valence-electron chi connectivity index (χ0n) is 10.8. The average Bonchev–Trinajstić information content (AvgIpc) is 2.92. The molecule has 1 aromatic heterocycles. The summed E-state index contributed by atoms with van der Waals surface area (Å²) >= 11 is 1.46. The molecule has 19 heavy (non-hydrogen) atoms. The normalized spacial score (nSPS) is 12.3. The second-order valence-corrected chi connectivity index (χ2v) is 6.89. The molecule has 1 unspecified atom stereocenters. The fourth-order valence-electron chi connectivity index (χ4n) is 1.80. The summed E-state index contributed by atoms with van der Waals surface area (Å²) in [5, 5.41) is 1.90. The van der Waals surface area contributed by atoms with E-state index in [1.54, 1.807) is 0 Å². The molecule has 0 aliphatic heterocycles. The zero-order valence-corrected chi connectivity index (χ0v) is 12.4. The predicted molar refractivity (Wildman–Crippen MR) is 80.3 cm³/mol. The number of aryl methyl sites for hydroxylation is 1. The minimum Gasteiger partial charge on any atom is -0.293 e. The standard InChI is InChI=1S/C15H16O2S2/c1-12-5-2-6-13(11-12)19(17)10-4-7-14(16)15-8-3-9-18-15/h2-3,5-6,8-9,11H,4,7,10H2,1H3. The molecule has 2 rings (SSSR count). The molecule has 0 N–H and O–H groups in total. The third kappa shape index (κ3) is 4.11. The van der Waals surface area contributed by atoms with E-state index in [4.69, 9.17) is 0 Å². The smallest absolute Gasteiger partial charge is 0.172 e. The molecule has 0 spiro atoms. The maximum absolute atomic E-state index is 12.1. The van der Waals surface area contributed by atoms with Crippen molar-refractivity contribution < 1.29 is 9.00 Å². The molecule has 0 fully saturated rings. The number of thiophene rings is 1. The van der Waals surface area contributed by atoms with Crippen molar-refractivity contribution in [3.05, 3.63) is 52.2 Å². The third-order valence-corrected chi connectivity index (χ3v) is 5.13. The number of carbonyl (C=O) groups excluding carboxylic acids is 1. The Bertz CT molecular complexity index is 574. The molecule has 2 nitrogen and oxygen atoms in total. The molecule has 0 radical (unpaired) electrons. The van der Waals surface area contributed by atoms with Crippen LogP contribution in [0.4, 0.5) is 0 Å². The summed E-state index contributed by atoms with van der Waals surface area (Å²) in [5.74, 6) is 0.692. The van der Waals surface area contributed by atoms with E-state index in [0.29, 0.717) is 18.6 Å². The van der Waals surface area contributed by atoms with E-state index in [0.717, 1.165) is 15.3 Å². The molecule has 1 atom stereocenters. The minimum absolute atomic E-state index is 0.149. The maximum atomic E-state index is 12.1. The van der Waals surface area contributed by atoms with Crippen LogP contribution in [-0.2, 0) is 10.8 Å². The fraction of sp³-hybridized carbons (Fsp3) is 0.267. The van der Waals surface area contributed by atoms with Gasteiger partial charge in [-0.2, -0.15) is 0 Å². The number of carbonyl (C=O) groups is 1. The SMILES string of the molecule is Cc1cccc(S(=O)CCCC(=O)c2cccs2)c1. The molecule has 0 saturated heterocycles. The van der Waals surface area contributed by atoms with Crippen molar-refractivity contribution in [1.29, 1.82) is 0 Å². The zero-order chi connectivity index (χ0) is 13.7. The van der Waals surface area contributed by atoms with E-state index in [1.165, 1.54) is 11.3 Å². The van der Waals surface area contributed by atoms with Crippen LogP contribution in [0.5, 0.6) is 0 Å². The van der Waals surface area contributed by atoms with Crippen LogP contribution in [0.25, 0.3) is 0 Å². The highest BCUT2D eigenvalue weighted by Gasteiger charge is 2.09. The lowest BCUT2D eigenvalue weighted by Gasteiger charge is -2.03. The Morgan fingerprint density at radius 2 is 2.11 bits per heavy atom. The lowest BCUT2D eigenvalue weighted by molar-refractivity contribution is 0.0986. The van der Waals surface area contributed by atoms with E-state index >= 15 is 0 Å². The first-order valence-electron chi connectivity index (χ1n) is 6.18. The van der Waals surface area contributed by atoms with Gasteiger partial charge in [0, 0.05) is 17.1 Å². The van der Waals surface area contributed by atoms with E-state index in [2.05, 4.69) is 0 Å². The van der Waals surface area contributed by atoms with Crippen molar-refractivity contribution in [2.75, 3.05) is 5.75 Å². The highest BCUT2D eigenvalue weighted by Crippen LogP contribution is 2.14. The lowest BCUT2D eigenvalue weighted by atomic mass is 10.2. The Balaban J connectivity index is 1.83. The molecule has 2 aromatic rings. The van der Waals surface area contributed by atoms with E-state index in [-0.39, 0.29) is 5.78 Å². The van der Waals surface area contributed by atoms with Gasteiger partial charge in [0.25, 0.3) is 0 Å². The predicted octanol–water partition coefficient (Wildman–Crippen LogP) is 3.83. The lowest BCUT2D eigenvalue weighted by Crippen LogP contribution is -2.02. The van der Waals surface area contributed by atoms with Gasteiger partial charge in [-0.3, -0.25) is 9.00 Å². The first kappa shape index (κ1) is 14.2. The van der Waals surface area contributed by atoms with Gasteiger partial charge in [0.05, 0.1) is 15.7 Å². The molecule has 0 aliphatic carbocycles. The monoisotopic (exact) mass is 292 g/mol. The van der Waals surface area contributed by atoms with Crippen LogP contribution in [-0.4, -0.2) is 15.7 Å². The Labute approximate surface area is 119 Å². The van der Waals surface area contributed by atoms with Crippen LogP contribution >= 0.6 is 11.3 Å². The van der Waals surface area contributed by atoms with Crippen LogP contribution < -0.4 is 0 Å². The summed E-state index contributed by atoms with van der Waals surface area (Å²) in [6, 6.07) is 11.4. The molecule has 1 heterocycles. The van der Waals surface area contributed by atoms with Crippen molar-refractivity contribution in [2.45, 2.75) is 24.7 Å². The topological polar surface area (TPSA) is 34.1 Å². The average molecular weight is 292 g/mol. The molecule has 100 valence electrons. The molecule has 0 amide bonds. The summed E-state index contributed by atoms with van der Waals surface area (Å²) in [6.07, 6.45) is 1.13. The molecular formula is C15H16O2S2. The van der Waals surface area contributed by atoms with Crippen molar-refractivity contribution in [3.63, 3.8) is 0 Å². The summed E-state index contributed by atoms with van der Waals surface area (Å²) in [5.41, 5.74) is 1.11. The second-order valence-electron chi connectivity index (χ2n) is 4.37. The van der Waals surface area contributed by atoms with Gasteiger partial charge in [0.2, 0.25) is 0 Å². The third-order valence-electron chi connectivity index (χ3n) is 2.78. The second kappa shape index (κ2) is 6.78. The fourth-order valence-corrected chi connectivity index (χ4v) is 3.68. The van der Waals surface area contributed by atoms with Gasteiger partial charge in [-0.05, 0) is 42.5 Å². The van der Waals surface area contributed by atoms with Gasteiger partial charge in [-0.1, -0.05) is 18.2 Å². The number of ketones is 1. The van der Waals surface area contributed by atoms with Crippen molar-refractivity contribution in [1.82, 2.24) is 0 Å². The molecule has 0 aliphatic rings. The highest BCUT2D eigenvalue weighted by atomic mass is 32.2. The number of rotatable bonds is 6. The van der Waals surface area contributed by atoms with Crippen LogP contribution in [0.1, 0.15) is 28.1 Å². The Morgan fingerprint density at radius 3 is 2.79 bits per heavy atom. The number of hydrogen-bond acceptors (Lipinski definition) is 3. The van der Waals surface area contributed by atoms with E-state index in [1.807, 2.05) is 48.7 Å². The van der Waals surface area contributed by atoms with Gasteiger partial charge in [0.15, 0.2) is 5.78 Å². The maximum Gasteiger partial charge on any atom is 0.172 e. The van der Waals surface area contributed by atoms with Crippen LogP contribution in [0.3, 0.4) is 0 Å². The van der Waals surface area contributed by atoms with Crippen molar-refractivity contribution >= 4 is 27.9 Å². The van der Waals surface area contributed by atoms with E-state index < -0.39 is 10.8 Å². The molecule has 1 aromatic carbocycles. The van der Waals surface area contributed by atoms with Crippen molar-refractivity contribution in [3.8, 4) is 0 Å². The van der Waals surface area contributed by atoms with Crippen LogP contribution in [0.2, 0.25) is 0 Å². The Morgan fingerprint density at radius 1 is 1.26 bits per heavy atom. The summed E-state index contributed by atoms with van der Waals surface area (Å²) in [7, 11) is -1.01. The number of hydrogen-bond donors (Lipinski definition) is 0. The van der Waals surface area contributed by atoms with Crippen LogP contribution in [0, 0.1) is 6.92 Å². The summed E-state index contributed by atoms with van der Waals surface area (Å²) in [4.78, 5) is 13.4. The summed E-state index contributed by atoms with van der Waals surface area (Å²) in [6.45, 7) is 1.99. The van der Waals surface area contributed by atoms with Crippen molar-refractivity contribution in [2.24, 2.45) is 0 Å². The van der Waals surface area contributed by atoms with Gasteiger partial charge >= 0.3 is 0 Å². The largest absolute Gasteiger partial charge is 0.293 e. The van der Waals surface area contributed by atoms with Gasteiger partial charge in [-0.15, -0.1) is 11.3 Å². The van der Waals surface area contributed by atoms with Gasteiger partial charge in [0.1, 0.15) is 0 Å². The Hall–Kier alpha value is -1.26. The molecule has 4 heteroatoms. The highest BCUT2D eigenvalue weighted by molar-refractivity contribution is 7.85. The van der Waals surface area contributed by atoms with Gasteiger partial charge < -0.3 is 0 Å². The molecule has 0 bridgehead atoms. The number of Topliss-reactive ketones (excluding diaryl/α,β-unsaturated/α-hetero) is 1. The minimum atomic E-state index is -1.01. The summed E-state index contributed by atoms with van der Waals surface area (Å²) < 4.78 is 12.1. The molecular weight excluding hydrogens is 276 g/mol. The van der Waals surface area contributed by atoms with E-state index in [9.17, 15) is 9.00 Å². The molecule has 0 saturated carbocycles. The first-order chi connectivity index (χ1) is 9.16.